The number of aryl methyl sites for hydroxylation is 2. The Hall–Kier alpha value is -3.48. The van der Waals surface area contributed by atoms with Gasteiger partial charge in [0, 0.05) is 25.5 Å². The first-order valence-corrected chi connectivity index (χ1v) is 8.45. The van der Waals surface area contributed by atoms with E-state index >= 15 is 0 Å². The SMILES string of the molecule is Cc1nc2cc(NC(=O)CCc3ncc(-c4ccccc4F)o3)ccc2o1. The average molecular weight is 365 g/mol. The molecule has 7 heteroatoms. The van der Waals surface area contributed by atoms with Crippen molar-refractivity contribution in [2.75, 3.05) is 5.32 Å². The second kappa shape index (κ2) is 7.03. The first-order valence-electron chi connectivity index (χ1n) is 8.45. The van der Waals surface area contributed by atoms with E-state index in [4.69, 9.17) is 8.83 Å². The van der Waals surface area contributed by atoms with Crippen LogP contribution >= 0.6 is 0 Å². The smallest absolute Gasteiger partial charge is 0.224 e. The molecule has 2 aromatic carbocycles. The van der Waals surface area contributed by atoms with Gasteiger partial charge in [0.05, 0.1) is 11.8 Å². The van der Waals surface area contributed by atoms with Gasteiger partial charge in [-0.25, -0.2) is 14.4 Å². The summed E-state index contributed by atoms with van der Waals surface area (Å²) in [5.74, 6) is 0.737. The fraction of sp³-hybridized carbons (Fsp3) is 0.150. The summed E-state index contributed by atoms with van der Waals surface area (Å²) < 4.78 is 24.8. The van der Waals surface area contributed by atoms with Gasteiger partial charge in [0.2, 0.25) is 5.91 Å². The summed E-state index contributed by atoms with van der Waals surface area (Å²) in [4.78, 5) is 20.5. The van der Waals surface area contributed by atoms with Crippen LogP contribution in [0.1, 0.15) is 18.2 Å². The lowest BCUT2D eigenvalue weighted by molar-refractivity contribution is -0.116. The number of benzene rings is 2. The zero-order chi connectivity index (χ0) is 18.8. The van der Waals surface area contributed by atoms with E-state index < -0.39 is 0 Å². The van der Waals surface area contributed by atoms with Crippen molar-refractivity contribution in [1.82, 2.24) is 9.97 Å². The maximum Gasteiger partial charge on any atom is 0.224 e. The highest BCUT2D eigenvalue weighted by Gasteiger charge is 2.12. The average Bonchev–Trinajstić information content (AvgIpc) is 3.25. The molecule has 0 unspecified atom stereocenters. The summed E-state index contributed by atoms with van der Waals surface area (Å²) in [5, 5.41) is 2.81. The fourth-order valence-electron chi connectivity index (χ4n) is 2.78. The molecule has 2 aromatic heterocycles. The topological polar surface area (TPSA) is 81.2 Å². The number of rotatable bonds is 5. The van der Waals surface area contributed by atoms with Gasteiger partial charge >= 0.3 is 0 Å². The van der Waals surface area contributed by atoms with E-state index in [-0.39, 0.29) is 18.1 Å². The summed E-state index contributed by atoms with van der Waals surface area (Å²) >= 11 is 0. The molecule has 0 saturated carbocycles. The Bertz CT molecular complexity index is 1120. The molecule has 0 aliphatic carbocycles. The van der Waals surface area contributed by atoms with Crippen LogP contribution in [0.5, 0.6) is 0 Å². The van der Waals surface area contributed by atoms with Crippen LogP contribution in [-0.2, 0) is 11.2 Å². The minimum Gasteiger partial charge on any atom is -0.441 e. The number of aromatic nitrogens is 2. The largest absolute Gasteiger partial charge is 0.441 e. The zero-order valence-corrected chi connectivity index (χ0v) is 14.5. The van der Waals surface area contributed by atoms with Crippen molar-refractivity contribution in [3.63, 3.8) is 0 Å². The fourth-order valence-corrected chi connectivity index (χ4v) is 2.78. The number of oxazole rings is 2. The summed E-state index contributed by atoms with van der Waals surface area (Å²) in [5.41, 5.74) is 2.34. The van der Waals surface area contributed by atoms with Gasteiger partial charge < -0.3 is 14.2 Å². The number of nitrogens with one attached hydrogen (secondary N) is 1. The van der Waals surface area contributed by atoms with E-state index in [0.717, 1.165) is 0 Å². The molecule has 0 atom stereocenters. The predicted octanol–water partition coefficient (Wildman–Crippen LogP) is 4.50. The van der Waals surface area contributed by atoms with Crippen LogP contribution in [0.15, 0.2) is 57.5 Å². The second-order valence-corrected chi connectivity index (χ2v) is 6.06. The normalized spacial score (nSPS) is 11.0. The quantitative estimate of drug-likeness (QED) is 0.563. The Morgan fingerprint density at radius 2 is 2.04 bits per heavy atom. The predicted molar refractivity (Wildman–Crippen MR) is 97.6 cm³/mol. The molecule has 4 rings (SSSR count). The molecule has 0 spiro atoms. The lowest BCUT2D eigenvalue weighted by atomic mass is 10.2. The van der Waals surface area contributed by atoms with Crippen molar-refractivity contribution in [3.05, 3.63) is 66.3 Å². The van der Waals surface area contributed by atoms with Crippen LogP contribution in [0, 0.1) is 12.7 Å². The number of nitrogens with zero attached hydrogens (tertiary/aromatic N) is 2. The van der Waals surface area contributed by atoms with Gasteiger partial charge in [-0.05, 0) is 30.3 Å². The lowest BCUT2D eigenvalue weighted by Crippen LogP contribution is -2.12. The van der Waals surface area contributed by atoms with Gasteiger partial charge in [-0.1, -0.05) is 12.1 Å². The van der Waals surface area contributed by atoms with Gasteiger partial charge in [-0.2, -0.15) is 0 Å². The van der Waals surface area contributed by atoms with Crippen molar-refractivity contribution in [3.8, 4) is 11.3 Å². The molecule has 0 radical (unpaired) electrons. The first kappa shape index (κ1) is 17.0. The van der Waals surface area contributed by atoms with Crippen molar-refractivity contribution in [2.24, 2.45) is 0 Å². The van der Waals surface area contributed by atoms with Gasteiger partial charge in [0.1, 0.15) is 11.3 Å². The first-order chi connectivity index (χ1) is 13.1. The highest BCUT2D eigenvalue weighted by atomic mass is 19.1. The van der Waals surface area contributed by atoms with Gasteiger partial charge in [-0.15, -0.1) is 0 Å². The Morgan fingerprint density at radius 3 is 2.89 bits per heavy atom. The zero-order valence-electron chi connectivity index (χ0n) is 14.5. The van der Waals surface area contributed by atoms with Gasteiger partial charge in [-0.3, -0.25) is 4.79 Å². The maximum atomic E-state index is 13.8. The van der Waals surface area contributed by atoms with Crippen LogP contribution in [0.3, 0.4) is 0 Å². The Labute approximate surface area is 154 Å². The molecule has 0 bridgehead atoms. The Balaban J connectivity index is 1.38. The third kappa shape index (κ3) is 3.72. The molecular formula is C20H16FN3O3. The number of anilines is 1. The Kier molecular flexibility index (Phi) is 4.42. The number of carbonyl (C=O) groups excluding carboxylic acids is 1. The molecule has 0 fully saturated rings. The highest BCUT2D eigenvalue weighted by molar-refractivity contribution is 5.92. The number of hydrogen-bond acceptors (Lipinski definition) is 5. The van der Waals surface area contributed by atoms with Crippen LogP contribution < -0.4 is 5.32 Å². The lowest BCUT2D eigenvalue weighted by Gasteiger charge is -2.03. The third-order valence-electron chi connectivity index (χ3n) is 4.04. The minimum absolute atomic E-state index is 0.180. The van der Waals surface area contributed by atoms with Crippen molar-refractivity contribution < 1.29 is 18.0 Å². The summed E-state index contributed by atoms with van der Waals surface area (Å²) in [6.45, 7) is 1.77. The van der Waals surface area contributed by atoms with E-state index in [1.807, 2.05) is 0 Å². The number of halogens is 1. The van der Waals surface area contributed by atoms with Gasteiger partial charge in [0.25, 0.3) is 0 Å². The number of fused-ring (bicyclic) bond motifs is 1. The molecule has 1 amide bonds. The Morgan fingerprint density at radius 1 is 1.19 bits per heavy atom. The number of amides is 1. The van der Waals surface area contributed by atoms with Crippen molar-refractivity contribution in [2.45, 2.75) is 19.8 Å². The molecule has 0 aliphatic rings. The molecule has 4 aromatic rings. The van der Waals surface area contributed by atoms with Crippen LogP contribution in [0.4, 0.5) is 10.1 Å². The number of hydrogen-bond donors (Lipinski definition) is 1. The van der Waals surface area contributed by atoms with E-state index in [9.17, 15) is 9.18 Å². The van der Waals surface area contributed by atoms with E-state index in [2.05, 4.69) is 15.3 Å². The van der Waals surface area contributed by atoms with Gasteiger partial charge in [0.15, 0.2) is 23.1 Å². The van der Waals surface area contributed by atoms with Crippen LogP contribution in [0.25, 0.3) is 22.4 Å². The molecule has 27 heavy (non-hydrogen) atoms. The molecule has 1 N–H and O–H groups in total. The van der Waals surface area contributed by atoms with Crippen molar-refractivity contribution >= 4 is 22.7 Å². The summed E-state index contributed by atoms with van der Waals surface area (Å²) in [7, 11) is 0. The molecule has 2 heterocycles. The van der Waals surface area contributed by atoms with Crippen LogP contribution in [0.2, 0.25) is 0 Å². The second-order valence-electron chi connectivity index (χ2n) is 6.06. The molecule has 0 aliphatic heterocycles. The van der Waals surface area contributed by atoms with Crippen molar-refractivity contribution in [1.29, 1.82) is 0 Å². The van der Waals surface area contributed by atoms with E-state index in [1.165, 1.54) is 12.3 Å². The highest BCUT2D eigenvalue weighted by Crippen LogP contribution is 2.24. The standard InChI is InChI=1S/C20H16FN3O3/c1-12-23-16-10-13(6-7-17(16)26-12)24-19(25)8-9-20-22-11-18(27-20)14-4-2-3-5-15(14)21/h2-7,10-11H,8-9H2,1H3,(H,24,25). The van der Waals surface area contributed by atoms with E-state index in [1.54, 1.807) is 43.3 Å². The third-order valence-corrected chi connectivity index (χ3v) is 4.04. The molecule has 6 nitrogen and oxygen atoms in total. The van der Waals surface area contributed by atoms with Crippen LogP contribution in [-0.4, -0.2) is 15.9 Å². The number of carbonyl (C=O) groups is 1. The summed E-state index contributed by atoms with van der Waals surface area (Å²) in [6.07, 6.45) is 1.96. The molecular weight excluding hydrogens is 349 g/mol. The minimum atomic E-state index is -0.378. The maximum absolute atomic E-state index is 13.8. The molecule has 0 saturated heterocycles. The molecule has 136 valence electrons. The summed E-state index contributed by atoms with van der Waals surface area (Å²) in [6, 6.07) is 11.6. The monoisotopic (exact) mass is 365 g/mol. The van der Waals surface area contributed by atoms with E-state index in [0.29, 0.717) is 46.3 Å².